The Morgan fingerprint density at radius 1 is 1.39 bits per heavy atom. The number of hydrogen-bond acceptors (Lipinski definition) is 6. The summed E-state index contributed by atoms with van der Waals surface area (Å²) in [6.07, 6.45) is 2.94. The summed E-state index contributed by atoms with van der Waals surface area (Å²) < 4.78 is 15.5. The molecule has 0 radical (unpaired) electrons. The first-order valence-electron chi connectivity index (χ1n) is 7.42. The molecule has 0 aliphatic carbocycles. The Morgan fingerprint density at radius 3 is 2.74 bits per heavy atom. The molecule has 1 aromatic rings. The summed E-state index contributed by atoms with van der Waals surface area (Å²) in [7, 11) is 0. The minimum atomic E-state index is -0.725. The van der Waals surface area contributed by atoms with E-state index in [4.69, 9.17) is 13.9 Å². The molecular weight excluding hydrogens is 302 g/mol. The summed E-state index contributed by atoms with van der Waals surface area (Å²) >= 11 is 0. The van der Waals surface area contributed by atoms with E-state index in [1.165, 1.54) is 11.8 Å². The van der Waals surface area contributed by atoms with Crippen LogP contribution < -0.4 is 9.64 Å². The number of nitrogens with zero attached hydrogens (tertiary/aromatic N) is 1. The predicted molar refractivity (Wildman–Crippen MR) is 81.5 cm³/mol. The average molecular weight is 321 g/mol. The molecule has 0 aromatic carbocycles. The lowest BCUT2D eigenvalue weighted by Gasteiger charge is -2.13. The lowest BCUT2D eigenvalue weighted by Crippen LogP contribution is -2.28. The molecule has 124 valence electrons. The number of carbonyl (C=O) groups excluding carboxylic acids is 3. The number of anilines is 1. The lowest BCUT2D eigenvalue weighted by atomic mass is 10.2. The maximum Gasteiger partial charge on any atom is 0.378 e. The van der Waals surface area contributed by atoms with E-state index in [1.54, 1.807) is 13.0 Å². The number of rotatable bonds is 6. The van der Waals surface area contributed by atoms with Gasteiger partial charge in [0.1, 0.15) is 0 Å². The van der Waals surface area contributed by atoms with Gasteiger partial charge in [-0.2, -0.15) is 0 Å². The second kappa shape index (κ2) is 7.13. The second-order valence-corrected chi connectivity index (χ2v) is 4.98. The van der Waals surface area contributed by atoms with E-state index in [-0.39, 0.29) is 29.9 Å². The molecule has 0 saturated heterocycles. The molecule has 1 aliphatic rings. The molecule has 2 heterocycles. The first-order valence-corrected chi connectivity index (χ1v) is 7.42. The maximum absolute atomic E-state index is 12.2. The number of fused-ring (bicyclic) bond motifs is 1. The van der Waals surface area contributed by atoms with E-state index in [2.05, 4.69) is 6.58 Å². The monoisotopic (exact) mass is 321 g/mol. The molecule has 0 fully saturated rings. The molecule has 0 bridgehead atoms. The molecule has 1 aliphatic heterocycles. The second-order valence-electron chi connectivity index (χ2n) is 4.98. The minimum absolute atomic E-state index is 0.0463. The fourth-order valence-electron chi connectivity index (χ4n) is 2.38. The van der Waals surface area contributed by atoms with Crippen molar-refractivity contribution < 1.29 is 28.3 Å². The molecule has 0 saturated carbocycles. The fourth-order valence-corrected chi connectivity index (χ4v) is 2.38. The summed E-state index contributed by atoms with van der Waals surface area (Å²) in [5.74, 6) is -1.33. The third-order valence-corrected chi connectivity index (χ3v) is 3.34. The molecule has 0 N–H and O–H groups in total. The SMILES string of the molecule is C=CCCC(=O)N1CCc2c1oc(C(=O)OCC)c2OC(C)=O. The number of ether oxygens (including phenoxy) is 2. The molecule has 0 atom stereocenters. The van der Waals surface area contributed by atoms with Crippen molar-refractivity contribution in [3.05, 3.63) is 24.0 Å². The van der Waals surface area contributed by atoms with Crippen LogP contribution in [0.2, 0.25) is 0 Å². The Balaban J connectivity index is 2.36. The van der Waals surface area contributed by atoms with Crippen molar-refractivity contribution in [1.82, 2.24) is 0 Å². The van der Waals surface area contributed by atoms with Crippen LogP contribution in [0.5, 0.6) is 5.75 Å². The Hall–Kier alpha value is -2.57. The highest BCUT2D eigenvalue weighted by molar-refractivity contribution is 5.98. The summed E-state index contributed by atoms with van der Waals surface area (Å²) in [5, 5.41) is 0. The standard InChI is InChI=1S/C16H19NO6/c1-4-6-7-12(19)17-9-8-11-13(22-10(3)18)14(23-15(11)17)16(20)21-5-2/h4H,1,5-9H2,2-3H3. The van der Waals surface area contributed by atoms with Crippen LogP contribution in [0.4, 0.5) is 5.88 Å². The van der Waals surface area contributed by atoms with E-state index in [0.717, 1.165) is 0 Å². The molecule has 1 aromatic heterocycles. The molecule has 7 nitrogen and oxygen atoms in total. The van der Waals surface area contributed by atoms with E-state index in [9.17, 15) is 14.4 Å². The summed E-state index contributed by atoms with van der Waals surface area (Å²) in [6, 6.07) is 0. The number of carbonyl (C=O) groups is 3. The molecule has 0 unspecified atom stereocenters. The fraction of sp³-hybridized carbons (Fsp3) is 0.438. The van der Waals surface area contributed by atoms with Gasteiger partial charge in [-0.25, -0.2) is 4.79 Å². The van der Waals surface area contributed by atoms with Crippen molar-refractivity contribution in [3.63, 3.8) is 0 Å². The van der Waals surface area contributed by atoms with Crippen molar-refractivity contribution in [1.29, 1.82) is 0 Å². The molecule has 2 rings (SSSR count). The summed E-state index contributed by atoms with van der Waals surface area (Å²) in [6.45, 7) is 7.05. The van der Waals surface area contributed by atoms with Gasteiger partial charge < -0.3 is 13.9 Å². The zero-order valence-electron chi connectivity index (χ0n) is 13.2. The van der Waals surface area contributed by atoms with Crippen molar-refractivity contribution in [2.45, 2.75) is 33.1 Å². The lowest BCUT2D eigenvalue weighted by molar-refractivity contribution is -0.132. The Bertz CT molecular complexity index is 645. The van der Waals surface area contributed by atoms with Gasteiger partial charge in [0, 0.05) is 19.9 Å². The normalized spacial score (nSPS) is 12.7. The first-order chi connectivity index (χ1) is 11.0. The number of furan rings is 1. The van der Waals surface area contributed by atoms with Gasteiger partial charge in [-0.3, -0.25) is 14.5 Å². The van der Waals surface area contributed by atoms with Crippen LogP contribution in [-0.2, 0) is 20.7 Å². The molecule has 1 amide bonds. The Kier molecular flexibility index (Phi) is 5.20. The van der Waals surface area contributed by atoms with Crippen LogP contribution in [0.25, 0.3) is 0 Å². The average Bonchev–Trinajstić information content (AvgIpc) is 3.05. The highest BCUT2D eigenvalue weighted by Crippen LogP contribution is 2.41. The van der Waals surface area contributed by atoms with Crippen LogP contribution >= 0.6 is 0 Å². The Labute approximate surface area is 133 Å². The van der Waals surface area contributed by atoms with Gasteiger partial charge in [0.25, 0.3) is 5.76 Å². The van der Waals surface area contributed by atoms with Crippen LogP contribution in [0.3, 0.4) is 0 Å². The van der Waals surface area contributed by atoms with Crippen molar-refractivity contribution in [2.75, 3.05) is 18.1 Å². The molecular formula is C16H19NO6. The summed E-state index contributed by atoms with van der Waals surface area (Å²) in [5.41, 5.74) is 0.537. The summed E-state index contributed by atoms with van der Waals surface area (Å²) in [4.78, 5) is 36.9. The van der Waals surface area contributed by atoms with Gasteiger partial charge >= 0.3 is 11.9 Å². The van der Waals surface area contributed by atoms with E-state index >= 15 is 0 Å². The van der Waals surface area contributed by atoms with Crippen LogP contribution in [-0.4, -0.2) is 31.0 Å². The molecule has 23 heavy (non-hydrogen) atoms. The highest BCUT2D eigenvalue weighted by atomic mass is 16.6. The highest BCUT2D eigenvalue weighted by Gasteiger charge is 2.37. The van der Waals surface area contributed by atoms with Gasteiger partial charge in [0.05, 0.1) is 12.2 Å². The van der Waals surface area contributed by atoms with Crippen LogP contribution in [0.15, 0.2) is 17.1 Å². The van der Waals surface area contributed by atoms with E-state index < -0.39 is 11.9 Å². The largest absolute Gasteiger partial charge is 0.460 e. The first kappa shape index (κ1) is 16.8. The Morgan fingerprint density at radius 2 is 2.13 bits per heavy atom. The minimum Gasteiger partial charge on any atom is -0.460 e. The third-order valence-electron chi connectivity index (χ3n) is 3.34. The van der Waals surface area contributed by atoms with Gasteiger partial charge in [-0.05, 0) is 19.8 Å². The van der Waals surface area contributed by atoms with Crippen molar-refractivity contribution in [2.24, 2.45) is 0 Å². The van der Waals surface area contributed by atoms with Crippen LogP contribution in [0, 0.1) is 0 Å². The topological polar surface area (TPSA) is 86.1 Å². The number of allylic oxidation sites excluding steroid dienone is 1. The molecule has 0 spiro atoms. The predicted octanol–water partition coefficient (Wildman–Crippen LogP) is 2.24. The van der Waals surface area contributed by atoms with Gasteiger partial charge in [0.15, 0.2) is 5.75 Å². The smallest absolute Gasteiger partial charge is 0.378 e. The number of esters is 2. The zero-order chi connectivity index (χ0) is 17.0. The van der Waals surface area contributed by atoms with E-state index in [0.29, 0.717) is 31.4 Å². The van der Waals surface area contributed by atoms with Crippen molar-refractivity contribution in [3.8, 4) is 5.75 Å². The van der Waals surface area contributed by atoms with Crippen molar-refractivity contribution >= 4 is 23.7 Å². The van der Waals surface area contributed by atoms with Gasteiger partial charge in [0.2, 0.25) is 11.8 Å². The van der Waals surface area contributed by atoms with E-state index in [1.807, 2.05) is 0 Å². The zero-order valence-corrected chi connectivity index (χ0v) is 13.2. The maximum atomic E-state index is 12.2. The number of hydrogen-bond donors (Lipinski definition) is 0. The quantitative estimate of drug-likeness (QED) is 0.590. The van der Waals surface area contributed by atoms with Crippen LogP contribution in [0.1, 0.15) is 42.8 Å². The van der Waals surface area contributed by atoms with Gasteiger partial charge in [-0.1, -0.05) is 6.08 Å². The third kappa shape index (κ3) is 3.44. The van der Waals surface area contributed by atoms with Gasteiger partial charge in [-0.15, -0.1) is 6.58 Å². The number of amides is 1. The molecule has 7 heteroatoms.